The highest BCUT2D eigenvalue weighted by Crippen LogP contribution is 2.64. The molecule has 146 valence electrons. The van der Waals surface area contributed by atoms with Crippen LogP contribution in [0.2, 0.25) is 0 Å². The summed E-state index contributed by atoms with van der Waals surface area (Å²) < 4.78 is 0. The van der Waals surface area contributed by atoms with E-state index in [0.29, 0.717) is 17.9 Å². The molecule has 4 fully saturated rings. The van der Waals surface area contributed by atoms with Crippen LogP contribution in [-0.4, -0.2) is 22.9 Å². The van der Waals surface area contributed by atoms with E-state index >= 15 is 0 Å². The van der Waals surface area contributed by atoms with Crippen LogP contribution in [-0.2, 0) is 0 Å². The van der Waals surface area contributed by atoms with Crippen molar-refractivity contribution in [1.82, 2.24) is 0 Å². The minimum atomic E-state index is -0.0257. The monoisotopic (exact) mass is 350 g/mol. The molecule has 4 saturated carbocycles. The van der Waals surface area contributed by atoms with Crippen LogP contribution in [0.3, 0.4) is 0 Å². The Morgan fingerprint density at radius 1 is 0.920 bits per heavy atom. The number of hydrogen-bond acceptors (Lipinski definition) is 2. The van der Waals surface area contributed by atoms with Gasteiger partial charge in [0.15, 0.2) is 0 Å². The molecule has 0 aromatic carbocycles. The summed E-state index contributed by atoms with van der Waals surface area (Å²) in [7, 11) is 0. The Kier molecular flexibility index (Phi) is 6.21. The largest absolute Gasteiger partial charge is 0.396 e. The van der Waals surface area contributed by atoms with Gasteiger partial charge in [0.05, 0.1) is 6.10 Å². The molecule has 9 atom stereocenters. The van der Waals surface area contributed by atoms with Gasteiger partial charge >= 0.3 is 0 Å². The lowest BCUT2D eigenvalue weighted by Gasteiger charge is -2.59. The average molecular weight is 351 g/mol. The summed E-state index contributed by atoms with van der Waals surface area (Å²) in [6.45, 7) is 9.21. The van der Waals surface area contributed by atoms with Crippen molar-refractivity contribution in [2.45, 2.75) is 91.6 Å². The molecule has 2 heteroatoms. The molecule has 0 aromatic heterocycles. The summed E-state index contributed by atoms with van der Waals surface area (Å²) in [6.07, 6.45) is 11.7. The SMILES string of the molecule is CC.CC(CO)C1CCC2C1CCC1C2CCC2CC(O)CCC21C. The van der Waals surface area contributed by atoms with Crippen LogP contribution >= 0.6 is 0 Å². The lowest BCUT2D eigenvalue weighted by molar-refractivity contribution is -0.110. The highest BCUT2D eigenvalue weighted by molar-refractivity contribution is 5.06. The zero-order valence-electron chi connectivity index (χ0n) is 17.1. The Bertz CT molecular complexity index is 436. The van der Waals surface area contributed by atoms with Gasteiger partial charge in [-0.05, 0) is 105 Å². The quantitative estimate of drug-likeness (QED) is 0.712. The third-order valence-electron chi connectivity index (χ3n) is 9.03. The van der Waals surface area contributed by atoms with Crippen molar-refractivity contribution in [2.24, 2.45) is 46.8 Å². The van der Waals surface area contributed by atoms with E-state index in [1.165, 1.54) is 44.9 Å². The third kappa shape index (κ3) is 3.31. The van der Waals surface area contributed by atoms with E-state index in [1.807, 2.05) is 13.8 Å². The molecule has 4 aliphatic rings. The van der Waals surface area contributed by atoms with Crippen LogP contribution in [0.15, 0.2) is 0 Å². The van der Waals surface area contributed by atoms with Crippen molar-refractivity contribution < 1.29 is 10.2 Å². The van der Waals surface area contributed by atoms with Gasteiger partial charge in [-0.1, -0.05) is 27.7 Å². The van der Waals surface area contributed by atoms with Gasteiger partial charge in [-0.25, -0.2) is 0 Å². The molecule has 0 heterocycles. The van der Waals surface area contributed by atoms with Crippen LogP contribution in [0, 0.1) is 46.8 Å². The Hall–Kier alpha value is -0.0800. The number of hydrogen-bond donors (Lipinski definition) is 2. The smallest absolute Gasteiger partial charge is 0.0543 e. The lowest BCUT2D eigenvalue weighted by atomic mass is 9.47. The molecule has 25 heavy (non-hydrogen) atoms. The van der Waals surface area contributed by atoms with Gasteiger partial charge in [-0.3, -0.25) is 0 Å². The van der Waals surface area contributed by atoms with Gasteiger partial charge in [0.2, 0.25) is 0 Å². The average Bonchev–Trinajstić information content (AvgIpc) is 3.07. The van der Waals surface area contributed by atoms with Crippen LogP contribution in [0.4, 0.5) is 0 Å². The predicted octanol–water partition coefficient (Wildman–Crippen LogP) is 5.27. The van der Waals surface area contributed by atoms with Crippen molar-refractivity contribution in [3.8, 4) is 0 Å². The highest BCUT2D eigenvalue weighted by Gasteiger charge is 2.56. The fourth-order valence-electron chi connectivity index (χ4n) is 7.78. The van der Waals surface area contributed by atoms with Gasteiger partial charge in [0.1, 0.15) is 0 Å². The fraction of sp³-hybridized carbons (Fsp3) is 1.00. The maximum atomic E-state index is 10.1. The summed E-state index contributed by atoms with van der Waals surface area (Å²) in [6, 6.07) is 0. The van der Waals surface area contributed by atoms with Gasteiger partial charge < -0.3 is 10.2 Å². The van der Waals surface area contributed by atoms with Crippen LogP contribution in [0.25, 0.3) is 0 Å². The molecule has 0 radical (unpaired) electrons. The Balaban J connectivity index is 0.000000880. The first kappa shape index (κ1) is 19.7. The molecule has 0 aromatic rings. The first-order valence-electron chi connectivity index (χ1n) is 11.3. The third-order valence-corrected chi connectivity index (χ3v) is 9.03. The highest BCUT2D eigenvalue weighted by atomic mass is 16.3. The molecule has 0 aliphatic heterocycles. The zero-order chi connectivity index (χ0) is 18.2. The van der Waals surface area contributed by atoms with Crippen molar-refractivity contribution in [3.05, 3.63) is 0 Å². The first-order valence-corrected chi connectivity index (χ1v) is 11.3. The molecule has 0 bridgehead atoms. The lowest BCUT2D eigenvalue weighted by Crippen LogP contribution is -2.52. The zero-order valence-corrected chi connectivity index (χ0v) is 17.1. The molecule has 2 N–H and O–H groups in total. The van der Waals surface area contributed by atoms with E-state index in [1.54, 1.807) is 0 Å². The molecule has 9 unspecified atom stereocenters. The summed E-state index contributed by atoms with van der Waals surface area (Å²) in [4.78, 5) is 0. The van der Waals surface area contributed by atoms with Crippen LogP contribution < -0.4 is 0 Å². The van der Waals surface area contributed by atoms with Crippen molar-refractivity contribution in [3.63, 3.8) is 0 Å². The molecule has 0 saturated heterocycles. The molecule has 4 aliphatic carbocycles. The summed E-state index contributed by atoms with van der Waals surface area (Å²) in [5.41, 5.74) is 0.508. The molecule has 0 amide bonds. The maximum Gasteiger partial charge on any atom is 0.0543 e. The number of aliphatic hydroxyl groups excluding tert-OH is 2. The molecule has 0 spiro atoms. The molecular formula is C23H42O2. The summed E-state index contributed by atoms with van der Waals surface area (Å²) in [5.74, 6) is 5.75. The Morgan fingerprint density at radius 2 is 1.60 bits per heavy atom. The summed E-state index contributed by atoms with van der Waals surface area (Å²) >= 11 is 0. The van der Waals surface area contributed by atoms with Gasteiger partial charge in [0, 0.05) is 6.61 Å². The standard InChI is InChI=1S/C21H36O2.C2H6/c1-13(12-22)16-5-6-18-17(16)7-8-20-19(18)4-3-14-11-15(23)9-10-21(14,20)2;1-2/h13-20,22-23H,3-12H2,1-2H3;1-2H3. The van der Waals surface area contributed by atoms with E-state index in [2.05, 4.69) is 13.8 Å². The summed E-state index contributed by atoms with van der Waals surface area (Å²) in [5, 5.41) is 19.7. The minimum Gasteiger partial charge on any atom is -0.396 e. The van der Waals surface area contributed by atoms with Crippen molar-refractivity contribution >= 4 is 0 Å². The minimum absolute atomic E-state index is 0.0257. The number of fused-ring (bicyclic) bond motifs is 5. The second kappa shape index (κ2) is 7.89. The van der Waals surface area contributed by atoms with Crippen molar-refractivity contribution in [2.75, 3.05) is 6.61 Å². The Labute approximate surface area is 155 Å². The Morgan fingerprint density at radius 3 is 2.32 bits per heavy atom. The molecule has 4 rings (SSSR count). The fourth-order valence-corrected chi connectivity index (χ4v) is 7.78. The van der Waals surface area contributed by atoms with E-state index in [-0.39, 0.29) is 6.10 Å². The van der Waals surface area contributed by atoms with Crippen LogP contribution in [0.5, 0.6) is 0 Å². The van der Waals surface area contributed by atoms with Gasteiger partial charge in [0.25, 0.3) is 0 Å². The van der Waals surface area contributed by atoms with E-state index in [4.69, 9.17) is 0 Å². The van der Waals surface area contributed by atoms with Gasteiger partial charge in [-0.2, -0.15) is 0 Å². The van der Waals surface area contributed by atoms with E-state index in [9.17, 15) is 10.2 Å². The van der Waals surface area contributed by atoms with E-state index in [0.717, 1.165) is 48.3 Å². The topological polar surface area (TPSA) is 40.5 Å². The van der Waals surface area contributed by atoms with Crippen LogP contribution in [0.1, 0.15) is 85.5 Å². The number of rotatable bonds is 2. The maximum absolute atomic E-state index is 10.1. The van der Waals surface area contributed by atoms with Crippen molar-refractivity contribution in [1.29, 1.82) is 0 Å². The molecular weight excluding hydrogens is 308 g/mol. The molecule has 2 nitrogen and oxygen atoms in total. The predicted molar refractivity (Wildman–Crippen MR) is 104 cm³/mol. The normalized spacial score (nSPS) is 49.9. The number of aliphatic hydroxyl groups is 2. The second-order valence-electron chi connectivity index (χ2n) is 9.78. The van der Waals surface area contributed by atoms with Gasteiger partial charge in [-0.15, -0.1) is 0 Å². The second-order valence-corrected chi connectivity index (χ2v) is 9.78. The van der Waals surface area contributed by atoms with E-state index < -0.39 is 0 Å². The first-order chi connectivity index (χ1) is 12.0.